The zero-order chi connectivity index (χ0) is 28.0. The van der Waals surface area contributed by atoms with Crippen LogP contribution in [0.1, 0.15) is 54.3 Å². The molecule has 4 heteroatoms. The first-order valence-electron chi connectivity index (χ1n) is 15.4. The molecule has 0 bridgehead atoms. The van der Waals surface area contributed by atoms with Gasteiger partial charge in [0.25, 0.3) is 0 Å². The van der Waals surface area contributed by atoms with Crippen LogP contribution in [-0.2, 0) is 11.2 Å². The second-order valence-corrected chi connectivity index (χ2v) is 12.2. The number of hydrogen-bond acceptors (Lipinski definition) is 3. The summed E-state index contributed by atoms with van der Waals surface area (Å²) in [5.41, 5.74) is 3.68. The molecule has 6 rings (SSSR count). The lowest BCUT2D eigenvalue weighted by molar-refractivity contribution is -0.143. The van der Waals surface area contributed by atoms with Crippen molar-refractivity contribution in [3.8, 4) is 0 Å². The van der Waals surface area contributed by atoms with Gasteiger partial charge in [0, 0.05) is 25.6 Å². The number of nitrogens with zero attached hydrogens (tertiary/aromatic N) is 2. The number of aliphatic carboxylic acids is 1. The molecule has 0 aliphatic carbocycles. The largest absolute Gasteiger partial charge is 0.480 e. The molecule has 0 amide bonds. The van der Waals surface area contributed by atoms with E-state index in [-0.39, 0.29) is 0 Å². The van der Waals surface area contributed by atoms with Crippen molar-refractivity contribution in [2.45, 2.75) is 44.1 Å². The Balaban J connectivity index is 1.13. The van der Waals surface area contributed by atoms with Crippen molar-refractivity contribution in [2.24, 2.45) is 11.8 Å². The second-order valence-electron chi connectivity index (χ2n) is 12.2. The summed E-state index contributed by atoms with van der Waals surface area (Å²) < 4.78 is 0. The summed E-state index contributed by atoms with van der Waals surface area (Å²) in [6, 6.07) is 35.2. The fourth-order valence-electron chi connectivity index (χ4n) is 7.38. The molecule has 3 atom stereocenters. The second kappa shape index (κ2) is 13.0. The third kappa shape index (κ3) is 6.55. The Morgan fingerprint density at radius 1 is 0.805 bits per heavy atom. The fraction of sp³-hybridized carbons (Fsp3) is 0.378. The molecule has 2 aliphatic rings. The summed E-state index contributed by atoms with van der Waals surface area (Å²) in [6.45, 7) is 4.91. The third-order valence-electron chi connectivity index (χ3n) is 9.53. The molecule has 2 saturated heterocycles. The first-order chi connectivity index (χ1) is 20.2. The van der Waals surface area contributed by atoms with Crippen LogP contribution in [-0.4, -0.2) is 53.6 Å². The van der Waals surface area contributed by atoms with Crippen LogP contribution in [0.5, 0.6) is 0 Å². The van der Waals surface area contributed by atoms with Gasteiger partial charge in [-0.3, -0.25) is 9.69 Å². The normalized spacial score (nSPS) is 21.3. The van der Waals surface area contributed by atoms with Crippen LogP contribution in [0.15, 0.2) is 103 Å². The van der Waals surface area contributed by atoms with Gasteiger partial charge in [0.15, 0.2) is 0 Å². The molecule has 212 valence electrons. The van der Waals surface area contributed by atoms with Gasteiger partial charge >= 0.3 is 5.97 Å². The molecule has 2 aliphatic heterocycles. The Bertz CT molecular complexity index is 1410. The predicted octanol–water partition coefficient (Wildman–Crippen LogP) is 7.42. The maximum Gasteiger partial charge on any atom is 0.325 e. The third-order valence-corrected chi connectivity index (χ3v) is 9.53. The van der Waals surface area contributed by atoms with Gasteiger partial charge in [-0.25, -0.2) is 0 Å². The average Bonchev–Trinajstić information content (AvgIpc) is 3.42. The zero-order valence-corrected chi connectivity index (χ0v) is 23.9. The number of aryl methyl sites for hydroxylation is 1. The molecule has 0 spiro atoms. The van der Waals surface area contributed by atoms with E-state index in [2.05, 4.69) is 88.7 Å². The highest BCUT2D eigenvalue weighted by Gasteiger charge is 2.41. The molecule has 0 radical (unpaired) electrons. The van der Waals surface area contributed by atoms with E-state index in [1.54, 1.807) is 0 Å². The fourth-order valence-corrected chi connectivity index (χ4v) is 7.38. The molecule has 4 nitrogen and oxygen atoms in total. The van der Waals surface area contributed by atoms with E-state index in [9.17, 15) is 9.90 Å². The van der Waals surface area contributed by atoms with Crippen molar-refractivity contribution in [1.29, 1.82) is 0 Å². The molecule has 0 saturated carbocycles. The van der Waals surface area contributed by atoms with Crippen LogP contribution in [0.3, 0.4) is 0 Å². The van der Waals surface area contributed by atoms with Gasteiger partial charge in [-0.05, 0) is 78.1 Å². The Hall–Kier alpha value is -3.47. The molecular weight excluding hydrogens is 504 g/mol. The van der Waals surface area contributed by atoms with Gasteiger partial charge in [-0.1, -0.05) is 110 Å². The molecule has 2 heterocycles. The quantitative estimate of drug-likeness (QED) is 0.225. The molecular formula is C37H42N2O2. The Morgan fingerprint density at radius 3 is 2.24 bits per heavy atom. The van der Waals surface area contributed by atoms with Crippen LogP contribution in [0.4, 0.5) is 0 Å². The van der Waals surface area contributed by atoms with Gasteiger partial charge < -0.3 is 10.0 Å². The van der Waals surface area contributed by atoms with Crippen molar-refractivity contribution >= 4 is 16.7 Å². The minimum Gasteiger partial charge on any atom is -0.480 e. The number of hydrogen-bond donors (Lipinski definition) is 1. The molecule has 4 aromatic carbocycles. The number of likely N-dealkylation sites (tertiary alicyclic amines) is 2. The Morgan fingerprint density at radius 2 is 1.49 bits per heavy atom. The van der Waals surface area contributed by atoms with E-state index in [4.69, 9.17) is 0 Å². The average molecular weight is 547 g/mol. The Labute approximate surface area is 244 Å². The molecule has 2 fully saturated rings. The van der Waals surface area contributed by atoms with Crippen molar-refractivity contribution in [3.63, 3.8) is 0 Å². The van der Waals surface area contributed by atoms with Crippen LogP contribution < -0.4 is 0 Å². The summed E-state index contributed by atoms with van der Waals surface area (Å²) in [4.78, 5) is 17.7. The first kappa shape index (κ1) is 27.7. The monoisotopic (exact) mass is 546 g/mol. The van der Waals surface area contributed by atoms with Gasteiger partial charge in [0.1, 0.15) is 6.04 Å². The number of benzene rings is 4. The van der Waals surface area contributed by atoms with Gasteiger partial charge in [0.05, 0.1) is 0 Å². The van der Waals surface area contributed by atoms with Gasteiger partial charge in [0.2, 0.25) is 0 Å². The van der Waals surface area contributed by atoms with E-state index >= 15 is 0 Å². The van der Waals surface area contributed by atoms with E-state index in [1.807, 2.05) is 24.3 Å². The summed E-state index contributed by atoms with van der Waals surface area (Å²) in [5.74, 6) is 0.799. The van der Waals surface area contributed by atoms with Gasteiger partial charge in [-0.15, -0.1) is 0 Å². The lowest BCUT2D eigenvalue weighted by atomic mass is 9.87. The van der Waals surface area contributed by atoms with Gasteiger partial charge in [-0.2, -0.15) is 0 Å². The number of piperidine rings is 1. The number of carboxylic acid groups (broad SMARTS) is 1. The summed E-state index contributed by atoms with van der Waals surface area (Å²) >= 11 is 0. The molecule has 0 unspecified atom stereocenters. The Kier molecular flexibility index (Phi) is 8.79. The topological polar surface area (TPSA) is 43.8 Å². The van der Waals surface area contributed by atoms with E-state index in [0.717, 1.165) is 55.0 Å². The molecule has 1 N–H and O–H groups in total. The van der Waals surface area contributed by atoms with E-state index in [0.29, 0.717) is 11.8 Å². The molecule has 4 aromatic rings. The van der Waals surface area contributed by atoms with Crippen LogP contribution in [0.2, 0.25) is 0 Å². The van der Waals surface area contributed by atoms with Crippen molar-refractivity contribution in [2.75, 3.05) is 32.7 Å². The van der Waals surface area contributed by atoms with Crippen molar-refractivity contribution in [1.82, 2.24) is 9.80 Å². The predicted molar refractivity (Wildman–Crippen MR) is 167 cm³/mol. The lowest BCUT2D eigenvalue weighted by Gasteiger charge is -2.35. The van der Waals surface area contributed by atoms with Crippen LogP contribution in [0.25, 0.3) is 10.8 Å². The van der Waals surface area contributed by atoms with E-state index in [1.165, 1.54) is 43.2 Å². The minimum absolute atomic E-state index is 0.330. The SMILES string of the molecule is O=C(O)[C@@H](c1cccc2ccccc12)N1C[C@H](CN2CCC(CCCc3ccccc3)CC2)[C@@H](c2ccccc2)C1. The smallest absolute Gasteiger partial charge is 0.325 e. The number of fused-ring (bicyclic) bond motifs is 1. The highest BCUT2D eigenvalue weighted by molar-refractivity contribution is 5.90. The molecule has 41 heavy (non-hydrogen) atoms. The maximum atomic E-state index is 12.8. The summed E-state index contributed by atoms with van der Waals surface area (Å²) in [6.07, 6.45) is 6.31. The number of carbonyl (C=O) groups is 1. The zero-order valence-electron chi connectivity index (χ0n) is 23.9. The van der Waals surface area contributed by atoms with E-state index < -0.39 is 12.0 Å². The minimum atomic E-state index is -0.759. The van der Waals surface area contributed by atoms with Crippen LogP contribution in [0, 0.1) is 11.8 Å². The maximum absolute atomic E-state index is 12.8. The lowest BCUT2D eigenvalue weighted by Crippen LogP contribution is -2.39. The summed E-state index contributed by atoms with van der Waals surface area (Å²) in [7, 11) is 0. The van der Waals surface area contributed by atoms with Crippen molar-refractivity contribution in [3.05, 3.63) is 120 Å². The summed E-state index contributed by atoms with van der Waals surface area (Å²) in [5, 5.41) is 12.7. The number of carboxylic acids is 1. The van der Waals surface area contributed by atoms with Crippen LogP contribution >= 0.6 is 0 Å². The highest BCUT2D eigenvalue weighted by Crippen LogP contribution is 2.40. The highest BCUT2D eigenvalue weighted by atomic mass is 16.4. The molecule has 0 aromatic heterocycles. The standard InChI is InChI=1S/C37H42N2O2/c40-37(41)36(34-20-10-18-30-17-7-8-19-33(30)34)39-26-32(35(27-39)31-15-5-2-6-16-31)25-38-23-21-29(22-24-38)14-9-13-28-11-3-1-4-12-28/h1-8,10-12,15-20,29,32,35-36H,9,13-14,21-27H2,(H,40,41)/t32-,35+,36+/m0/s1. The first-order valence-corrected chi connectivity index (χ1v) is 15.4. The number of rotatable bonds is 10. The van der Waals surface area contributed by atoms with Crippen molar-refractivity contribution < 1.29 is 9.90 Å².